The molecule has 0 saturated heterocycles. The molecular weight excluding hydrogens is 300 g/mol. The van der Waals surface area contributed by atoms with Crippen molar-refractivity contribution >= 4 is 5.78 Å². The normalized spacial score (nSPS) is 12.7. The number of carbonyl (C=O) groups excluding carboxylic acids is 1. The second-order valence-electron chi connectivity index (χ2n) is 5.70. The lowest BCUT2D eigenvalue weighted by atomic mass is 9.82. The van der Waals surface area contributed by atoms with Crippen molar-refractivity contribution in [1.82, 2.24) is 0 Å². The van der Waals surface area contributed by atoms with Crippen molar-refractivity contribution in [2.24, 2.45) is 0 Å². The van der Waals surface area contributed by atoms with Crippen molar-refractivity contribution in [1.29, 1.82) is 0 Å². The third-order valence-corrected chi connectivity index (χ3v) is 4.32. The zero-order chi connectivity index (χ0) is 16.5. The lowest BCUT2D eigenvalue weighted by molar-refractivity contribution is 0.0969. The SMILES string of the molecule is COc1ccc(C(=O)C2c3ccccc3Oc3ccccc32)cc1. The molecule has 0 radical (unpaired) electrons. The van der Waals surface area contributed by atoms with E-state index in [0.717, 1.165) is 28.4 Å². The molecule has 118 valence electrons. The van der Waals surface area contributed by atoms with Gasteiger partial charge in [-0.2, -0.15) is 0 Å². The first-order chi connectivity index (χ1) is 11.8. The van der Waals surface area contributed by atoms with Crippen LogP contribution in [-0.2, 0) is 0 Å². The zero-order valence-corrected chi connectivity index (χ0v) is 13.2. The molecule has 0 spiro atoms. The second kappa shape index (κ2) is 5.85. The summed E-state index contributed by atoms with van der Waals surface area (Å²) < 4.78 is 11.1. The Bertz CT molecular complexity index is 851. The Balaban J connectivity index is 1.83. The van der Waals surface area contributed by atoms with E-state index in [1.54, 1.807) is 7.11 Å². The first-order valence-corrected chi connectivity index (χ1v) is 7.82. The zero-order valence-electron chi connectivity index (χ0n) is 13.2. The van der Waals surface area contributed by atoms with Gasteiger partial charge in [0, 0.05) is 16.7 Å². The highest BCUT2D eigenvalue weighted by atomic mass is 16.5. The summed E-state index contributed by atoms with van der Waals surface area (Å²) in [7, 11) is 1.61. The fraction of sp³-hybridized carbons (Fsp3) is 0.0952. The summed E-state index contributed by atoms with van der Waals surface area (Å²) in [5.74, 6) is 1.91. The minimum Gasteiger partial charge on any atom is -0.497 e. The number of carbonyl (C=O) groups is 1. The number of hydrogen-bond acceptors (Lipinski definition) is 3. The quantitative estimate of drug-likeness (QED) is 0.650. The number of benzene rings is 3. The average molecular weight is 316 g/mol. The topological polar surface area (TPSA) is 35.5 Å². The Morgan fingerprint density at radius 1 is 0.833 bits per heavy atom. The van der Waals surface area contributed by atoms with Gasteiger partial charge in [0.1, 0.15) is 17.2 Å². The first kappa shape index (κ1) is 14.5. The number of Topliss-reactive ketones (excluding diaryl/α,β-unsaturated/α-hetero) is 1. The number of fused-ring (bicyclic) bond motifs is 2. The maximum Gasteiger partial charge on any atom is 0.174 e. The Kier molecular flexibility index (Phi) is 3.54. The third-order valence-electron chi connectivity index (χ3n) is 4.32. The molecule has 0 aromatic heterocycles. The summed E-state index contributed by atoms with van der Waals surface area (Å²) in [6.45, 7) is 0. The minimum absolute atomic E-state index is 0.0563. The second-order valence-corrected chi connectivity index (χ2v) is 5.70. The van der Waals surface area contributed by atoms with Gasteiger partial charge in [0.2, 0.25) is 0 Å². The molecule has 3 aromatic rings. The molecule has 0 amide bonds. The van der Waals surface area contributed by atoms with Gasteiger partial charge in [-0.3, -0.25) is 4.79 Å². The molecule has 0 aliphatic carbocycles. The highest BCUT2D eigenvalue weighted by Crippen LogP contribution is 2.45. The van der Waals surface area contributed by atoms with Crippen molar-refractivity contribution in [3.8, 4) is 17.2 Å². The molecule has 0 unspecified atom stereocenters. The van der Waals surface area contributed by atoms with Crippen LogP contribution in [0.5, 0.6) is 17.2 Å². The van der Waals surface area contributed by atoms with Gasteiger partial charge in [0.05, 0.1) is 13.0 Å². The van der Waals surface area contributed by atoms with Crippen molar-refractivity contribution in [3.63, 3.8) is 0 Å². The standard InChI is InChI=1S/C21H16O3/c1-23-15-12-10-14(11-13-15)21(22)20-16-6-2-4-8-18(16)24-19-9-5-3-7-17(19)20/h2-13,20H,1H3. The van der Waals surface area contributed by atoms with Crippen LogP contribution >= 0.6 is 0 Å². The van der Waals surface area contributed by atoms with Crippen LogP contribution in [0, 0.1) is 0 Å². The fourth-order valence-corrected chi connectivity index (χ4v) is 3.11. The Hall–Kier alpha value is -3.07. The lowest BCUT2D eigenvalue weighted by Gasteiger charge is -2.27. The van der Waals surface area contributed by atoms with Crippen LogP contribution in [-0.4, -0.2) is 12.9 Å². The largest absolute Gasteiger partial charge is 0.497 e. The highest BCUT2D eigenvalue weighted by molar-refractivity contribution is 6.04. The predicted octanol–water partition coefficient (Wildman–Crippen LogP) is 4.82. The number of para-hydroxylation sites is 2. The van der Waals surface area contributed by atoms with E-state index < -0.39 is 0 Å². The number of rotatable bonds is 3. The number of ether oxygens (including phenoxy) is 2. The predicted molar refractivity (Wildman–Crippen MR) is 92.1 cm³/mol. The summed E-state index contributed by atoms with van der Waals surface area (Å²) in [4.78, 5) is 13.2. The summed E-state index contributed by atoms with van der Waals surface area (Å²) in [6, 6.07) is 22.7. The van der Waals surface area contributed by atoms with Crippen molar-refractivity contribution in [2.45, 2.75) is 5.92 Å². The molecule has 0 fully saturated rings. The Morgan fingerprint density at radius 2 is 1.38 bits per heavy atom. The summed E-state index contributed by atoms with van der Waals surface area (Å²) >= 11 is 0. The molecule has 0 bridgehead atoms. The number of hydrogen-bond donors (Lipinski definition) is 0. The molecule has 3 heteroatoms. The fourth-order valence-electron chi connectivity index (χ4n) is 3.11. The summed E-state index contributed by atoms with van der Waals surface area (Å²) in [5.41, 5.74) is 2.46. The number of ketones is 1. The summed E-state index contributed by atoms with van der Waals surface area (Å²) in [6.07, 6.45) is 0. The van der Waals surface area contributed by atoms with E-state index in [0.29, 0.717) is 5.56 Å². The van der Waals surface area contributed by atoms with Gasteiger partial charge in [-0.05, 0) is 36.4 Å². The molecule has 1 aliphatic heterocycles. The van der Waals surface area contributed by atoms with Crippen LogP contribution in [0.15, 0.2) is 72.8 Å². The molecule has 3 nitrogen and oxygen atoms in total. The molecule has 0 saturated carbocycles. The first-order valence-electron chi connectivity index (χ1n) is 7.82. The molecule has 4 rings (SSSR count). The van der Waals surface area contributed by atoms with Crippen LogP contribution in [0.1, 0.15) is 27.4 Å². The van der Waals surface area contributed by atoms with Crippen LogP contribution in [0.2, 0.25) is 0 Å². The van der Waals surface area contributed by atoms with Crippen LogP contribution in [0.25, 0.3) is 0 Å². The van der Waals surface area contributed by atoms with E-state index in [4.69, 9.17) is 9.47 Å². The van der Waals surface area contributed by atoms with Gasteiger partial charge in [0.15, 0.2) is 5.78 Å². The van der Waals surface area contributed by atoms with Gasteiger partial charge in [0.25, 0.3) is 0 Å². The average Bonchev–Trinajstić information content (AvgIpc) is 2.65. The Morgan fingerprint density at radius 3 is 1.92 bits per heavy atom. The molecular formula is C21H16O3. The van der Waals surface area contributed by atoms with E-state index >= 15 is 0 Å². The van der Waals surface area contributed by atoms with Gasteiger partial charge in [-0.25, -0.2) is 0 Å². The van der Waals surface area contributed by atoms with Gasteiger partial charge < -0.3 is 9.47 Å². The van der Waals surface area contributed by atoms with Crippen molar-refractivity contribution in [2.75, 3.05) is 7.11 Å². The van der Waals surface area contributed by atoms with Crippen LogP contribution in [0.4, 0.5) is 0 Å². The van der Waals surface area contributed by atoms with Crippen LogP contribution in [0.3, 0.4) is 0 Å². The lowest BCUT2D eigenvalue weighted by Crippen LogP contribution is -2.19. The molecule has 1 aliphatic rings. The molecule has 3 aromatic carbocycles. The van der Waals surface area contributed by atoms with E-state index in [1.807, 2.05) is 72.8 Å². The van der Waals surface area contributed by atoms with E-state index in [-0.39, 0.29) is 11.7 Å². The molecule has 24 heavy (non-hydrogen) atoms. The minimum atomic E-state index is -0.362. The van der Waals surface area contributed by atoms with Gasteiger partial charge in [-0.1, -0.05) is 36.4 Å². The van der Waals surface area contributed by atoms with Gasteiger partial charge in [-0.15, -0.1) is 0 Å². The van der Waals surface area contributed by atoms with Gasteiger partial charge >= 0.3 is 0 Å². The molecule has 1 heterocycles. The summed E-state index contributed by atoms with van der Waals surface area (Å²) in [5, 5.41) is 0. The van der Waals surface area contributed by atoms with Crippen molar-refractivity contribution in [3.05, 3.63) is 89.5 Å². The molecule has 0 N–H and O–H groups in total. The smallest absolute Gasteiger partial charge is 0.174 e. The highest BCUT2D eigenvalue weighted by Gasteiger charge is 2.32. The van der Waals surface area contributed by atoms with Crippen molar-refractivity contribution < 1.29 is 14.3 Å². The maximum absolute atomic E-state index is 13.2. The third kappa shape index (κ3) is 2.35. The number of methoxy groups -OCH3 is 1. The monoisotopic (exact) mass is 316 g/mol. The van der Waals surface area contributed by atoms with E-state index in [9.17, 15) is 4.79 Å². The van der Waals surface area contributed by atoms with E-state index in [1.165, 1.54) is 0 Å². The Labute approximate surface area is 140 Å². The molecule has 0 atom stereocenters. The maximum atomic E-state index is 13.2. The van der Waals surface area contributed by atoms with E-state index in [2.05, 4.69) is 0 Å². The van der Waals surface area contributed by atoms with Crippen LogP contribution < -0.4 is 9.47 Å².